The normalized spacial score (nSPS) is 14.0. The molecule has 2 aromatic rings. The van der Waals surface area contributed by atoms with E-state index in [9.17, 15) is 4.79 Å². The van der Waals surface area contributed by atoms with Crippen LogP contribution >= 0.6 is 35.1 Å². The monoisotopic (exact) mass is 480 g/mol. The lowest BCUT2D eigenvalue weighted by molar-refractivity contribution is -0.123. The van der Waals surface area contributed by atoms with Crippen LogP contribution in [-0.2, 0) is 4.79 Å². The molecule has 1 amide bonds. The Morgan fingerprint density at radius 3 is 2.39 bits per heavy atom. The summed E-state index contributed by atoms with van der Waals surface area (Å²) in [6.07, 6.45) is 1.46. The molecule has 0 aliphatic carbocycles. The van der Waals surface area contributed by atoms with Crippen molar-refractivity contribution in [2.45, 2.75) is 18.4 Å². The first-order chi connectivity index (χ1) is 15.1. The minimum absolute atomic E-state index is 0.134. The van der Waals surface area contributed by atoms with Gasteiger partial charge in [-0.05, 0) is 37.6 Å². The van der Waals surface area contributed by atoms with Gasteiger partial charge in [0.25, 0.3) is 5.91 Å². The maximum Gasteiger partial charge on any atom is 0.277 e. The van der Waals surface area contributed by atoms with Crippen LogP contribution in [0.15, 0.2) is 41.5 Å². The minimum Gasteiger partial charge on any atom is -0.490 e. The Hall–Kier alpha value is -2.03. The zero-order valence-corrected chi connectivity index (χ0v) is 19.8. The van der Waals surface area contributed by atoms with Crippen molar-refractivity contribution in [1.29, 1.82) is 0 Å². The molecule has 1 fully saturated rings. The van der Waals surface area contributed by atoms with Crippen molar-refractivity contribution in [1.82, 2.24) is 5.43 Å². The van der Waals surface area contributed by atoms with Crippen molar-refractivity contribution in [3.63, 3.8) is 0 Å². The predicted molar refractivity (Wildman–Crippen MR) is 129 cm³/mol. The smallest absolute Gasteiger partial charge is 0.277 e. The molecule has 3 rings (SSSR count). The molecule has 31 heavy (non-hydrogen) atoms. The molecule has 1 aliphatic heterocycles. The molecular formula is C22H25ClN2O4S2. The average molecular weight is 481 g/mol. The van der Waals surface area contributed by atoms with Crippen LogP contribution in [0, 0.1) is 0 Å². The van der Waals surface area contributed by atoms with Gasteiger partial charge in [-0.25, -0.2) is 5.43 Å². The van der Waals surface area contributed by atoms with E-state index < -0.39 is 0 Å². The van der Waals surface area contributed by atoms with Gasteiger partial charge in [-0.2, -0.15) is 5.10 Å². The molecular weight excluding hydrogens is 456 g/mol. The Balaban J connectivity index is 1.51. The third-order valence-electron chi connectivity index (χ3n) is 4.20. The number of benzene rings is 2. The summed E-state index contributed by atoms with van der Waals surface area (Å²) < 4.78 is 17.2. The van der Waals surface area contributed by atoms with Crippen LogP contribution in [-0.4, -0.2) is 43.4 Å². The number of nitrogens with zero attached hydrogens (tertiary/aromatic N) is 1. The van der Waals surface area contributed by atoms with Gasteiger partial charge in [0, 0.05) is 23.1 Å². The van der Waals surface area contributed by atoms with Crippen molar-refractivity contribution >= 4 is 47.2 Å². The molecule has 0 bridgehead atoms. The molecule has 0 aromatic heterocycles. The number of carbonyl (C=O) groups excluding carboxylic acids is 1. The fraction of sp³-hybridized carbons (Fsp3) is 0.364. The highest BCUT2D eigenvalue weighted by molar-refractivity contribution is 8.19. The maximum absolute atomic E-state index is 12.0. The van der Waals surface area contributed by atoms with Crippen molar-refractivity contribution in [2.24, 2.45) is 5.10 Å². The van der Waals surface area contributed by atoms with E-state index in [1.807, 2.05) is 61.6 Å². The summed E-state index contributed by atoms with van der Waals surface area (Å²) in [5, 5.41) is 4.41. The fourth-order valence-electron chi connectivity index (χ4n) is 2.81. The van der Waals surface area contributed by atoms with E-state index in [0.717, 1.165) is 0 Å². The van der Waals surface area contributed by atoms with Crippen LogP contribution < -0.4 is 19.6 Å². The van der Waals surface area contributed by atoms with Gasteiger partial charge in [-0.1, -0.05) is 23.7 Å². The number of nitrogens with one attached hydrogen (secondary N) is 1. The van der Waals surface area contributed by atoms with Gasteiger partial charge < -0.3 is 14.2 Å². The Labute approximate surface area is 196 Å². The van der Waals surface area contributed by atoms with Gasteiger partial charge in [0.1, 0.15) is 5.75 Å². The number of hydrazone groups is 1. The number of halogens is 1. The van der Waals surface area contributed by atoms with Crippen LogP contribution in [0.4, 0.5) is 0 Å². The highest BCUT2D eigenvalue weighted by Gasteiger charge is 2.18. The third kappa shape index (κ3) is 6.98. The number of hydrogen-bond donors (Lipinski definition) is 1. The van der Waals surface area contributed by atoms with Crippen molar-refractivity contribution in [3.8, 4) is 17.2 Å². The first kappa shape index (κ1) is 23.6. The molecule has 9 heteroatoms. The first-order valence-electron chi connectivity index (χ1n) is 9.97. The number of hydrogen-bond acceptors (Lipinski definition) is 7. The quantitative estimate of drug-likeness (QED) is 0.375. The molecule has 6 nitrogen and oxygen atoms in total. The summed E-state index contributed by atoms with van der Waals surface area (Å²) >= 11 is 10.2. The first-order valence-corrected chi connectivity index (χ1v) is 12.4. The second-order valence-electron chi connectivity index (χ2n) is 6.41. The number of rotatable bonds is 10. The highest BCUT2D eigenvalue weighted by atomic mass is 35.5. The van der Waals surface area contributed by atoms with E-state index in [1.165, 1.54) is 23.3 Å². The second-order valence-corrected chi connectivity index (χ2v) is 9.54. The molecule has 0 unspecified atom stereocenters. The van der Waals surface area contributed by atoms with Crippen LogP contribution in [0.2, 0.25) is 5.02 Å². The van der Waals surface area contributed by atoms with Crippen LogP contribution in [0.5, 0.6) is 17.2 Å². The van der Waals surface area contributed by atoms with Gasteiger partial charge >= 0.3 is 0 Å². The molecule has 0 saturated carbocycles. The third-order valence-corrected chi connectivity index (χ3v) is 7.63. The van der Waals surface area contributed by atoms with Crippen LogP contribution in [0.25, 0.3) is 0 Å². The van der Waals surface area contributed by atoms with E-state index >= 15 is 0 Å². The maximum atomic E-state index is 12.0. The molecule has 0 atom stereocenters. The van der Waals surface area contributed by atoms with E-state index in [4.69, 9.17) is 25.8 Å². The van der Waals surface area contributed by atoms with Gasteiger partial charge in [0.05, 0.1) is 29.0 Å². The van der Waals surface area contributed by atoms with E-state index in [0.29, 0.717) is 45.6 Å². The Bertz CT molecular complexity index is 903. The second kappa shape index (κ2) is 12.1. The largest absolute Gasteiger partial charge is 0.490 e. The zero-order chi connectivity index (χ0) is 22.1. The molecule has 1 saturated heterocycles. The minimum atomic E-state index is -0.366. The van der Waals surface area contributed by atoms with E-state index in [2.05, 4.69) is 10.5 Å². The van der Waals surface area contributed by atoms with Crippen molar-refractivity contribution in [2.75, 3.05) is 31.3 Å². The van der Waals surface area contributed by atoms with Gasteiger partial charge in [0.2, 0.25) is 0 Å². The molecule has 1 N–H and O–H groups in total. The zero-order valence-electron chi connectivity index (χ0n) is 17.4. The Morgan fingerprint density at radius 1 is 1.10 bits per heavy atom. The van der Waals surface area contributed by atoms with E-state index in [1.54, 1.807) is 12.1 Å². The summed E-state index contributed by atoms with van der Waals surface area (Å²) in [6.45, 7) is 4.63. The van der Waals surface area contributed by atoms with Gasteiger partial charge in [-0.15, -0.1) is 23.5 Å². The number of thioether (sulfide) groups is 2. The summed E-state index contributed by atoms with van der Waals surface area (Å²) in [5.41, 5.74) is 4.32. The molecule has 1 aliphatic rings. The Kier molecular flexibility index (Phi) is 9.24. The van der Waals surface area contributed by atoms with Crippen LogP contribution in [0.1, 0.15) is 29.6 Å². The molecule has 2 aromatic carbocycles. The van der Waals surface area contributed by atoms with Gasteiger partial charge in [-0.3, -0.25) is 4.79 Å². The molecule has 1 heterocycles. The summed E-state index contributed by atoms with van der Waals surface area (Å²) in [4.78, 5) is 12.0. The van der Waals surface area contributed by atoms with Gasteiger partial charge in [0.15, 0.2) is 18.1 Å². The van der Waals surface area contributed by atoms with E-state index in [-0.39, 0.29) is 12.5 Å². The lowest BCUT2D eigenvalue weighted by Crippen LogP contribution is -2.24. The summed E-state index contributed by atoms with van der Waals surface area (Å²) in [5.74, 6) is 3.79. The number of carbonyl (C=O) groups is 1. The van der Waals surface area contributed by atoms with Crippen molar-refractivity contribution < 1.29 is 19.0 Å². The molecule has 166 valence electrons. The average Bonchev–Trinajstić information content (AvgIpc) is 3.31. The van der Waals surface area contributed by atoms with Crippen molar-refractivity contribution in [3.05, 3.63) is 52.5 Å². The highest BCUT2D eigenvalue weighted by Crippen LogP contribution is 2.45. The SMILES string of the molecule is CCOc1cc(Cl)c(/C=N\NC(=O)COc2ccc(C3SCCS3)cc2)cc1OCC. The summed E-state index contributed by atoms with van der Waals surface area (Å²) in [6, 6.07) is 11.3. The standard InChI is InChI=1S/C22H25ClN2O4S2/c1-3-27-19-11-16(18(23)12-20(19)28-4-2)13-24-25-21(26)14-29-17-7-5-15(6-8-17)22-30-9-10-31-22/h5-8,11-13,22H,3-4,9-10,14H2,1-2H3,(H,25,26)/b24-13-. The molecule has 0 spiro atoms. The number of ether oxygens (including phenoxy) is 3. The predicted octanol–water partition coefficient (Wildman–Crippen LogP) is 5.15. The lowest BCUT2D eigenvalue weighted by atomic mass is 10.2. The number of amides is 1. The van der Waals surface area contributed by atoms with Crippen LogP contribution in [0.3, 0.4) is 0 Å². The topological polar surface area (TPSA) is 69.2 Å². The Morgan fingerprint density at radius 2 is 1.74 bits per heavy atom. The fourth-order valence-corrected chi connectivity index (χ4v) is 5.88. The summed E-state index contributed by atoms with van der Waals surface area (Å²) in [7, 11) is 0. The lowest BCUT2D eigenvalue weighted by Gasteiger charge is -2.12. The molecule has 0 radical (unpaired) electrons.